The number of imidazole rings is 1. The highest BCUT2D eigenvalue weighted by atomic mass is 16.5. The van der Waals surface area contributed by atoms with Crippen LogP contribution in [0.4, 0.5) is 0 Å². The zero-order valence-corrected chi connectivity index (χ0v) is 10.3. The van der Waals surface area contributed by atoms with E-state index in [1.54, 1.807) is 43.9 Å². The Morgan fingerprint density at radius 1 is 1.47 bits per heavy atom. The first kappa shape index (κ1) is 11.5. The molecular formula is C14H12N2O3. The topological polar surface area (TPSA) is 64.2 Å². The van der Waals surface area contributed by atoms with E-state index in [4.69, 9.17) is 9.47 Å². The number of nitrogens with one attached hydrogen (secondary N) is 1. The van der Waals surface area contributed by atoms with Crippen LogP contribution in [0.2, 0.25) is 0 Å². The van der Waals surface area contributed by atoms with Crippen LogP contribution in [0, 0.1) is 0 Å². The highest BCUT2D eigenvalue weighted by Gasteiger charge is 2.23. The highest BCUT2D eigenvalue weighted by molar-refractivity contribution is 6.14. The summed E-state index contributed by atoms with van der Waals surface area (Å²) in [6, 6.07) is 5.19. The van der Waals surface area contributed by atoms with Gasteiger partial charge < -0.3 is 14.5 Å². The van der Waals surface area contributed by atoms with E-state index >= 15 is 0 Å². The number of benzene rings is 1. The fraction of sp³-hybridized carbons (Fsp3) is 0.143. The molecule has 0 bridgehead atoms. The predicted molar refractivity (Wildman–Crippen MR) is 69.4 cm³/mol. The molecule has 0 amide bonds. The van der Waals surface area contributed by atoms with Crippen molar-refractivity contribution in [2.75, 3.05) is 13.7 Å². The maximum atomic E-state index is 12.3. The Bertz CT molecular complexity index is 645. The van der Waals surface area contributed by atoms with E-state index in [2.05, 4.69) is 9.97 Å². The van der Waals surface area contributed by atoms with Gasteiger partial charge in [-0.25, -0.2) is 4.98 Å². The molecule has 0 aliphatic carbocycles. The summed E-state index contributed by atoms with van der Waals surface area (Å²) in [6.07, 6.45) is 4.98. The predicted octanol–water partition coefficient (Wildman–Crippen LogP) is 2.08. The first-order valence-electron chi connectivity index (χ1n) is 5.82. The number of ether oxygens (including phenoxy) is 2. The van der Waals surface area contributed by atoms with Crippen molar-refractivity contribution in [3.05, 3.63) is 47.6 Å². The molecule has 0 radical (unpaired) electrons. The number of fused-ring (bicyclic) bond motifs is 1. The summed E-state index contributed by atoms with van der Waals surface area (Å²) < 4.78 is 10.7. The number of aromatic nitrogens is 2. The maximum absolute atomic E-state index is 12.3. The second-order valence-electron chi connectivity index (χ2n) is 4.16. The quantitative estimate of drug-likeness (QED) is 0.835. The van der Waals surface area contributed by atoms with Crippen LogP contribution in [0.15, 0.2) is 36.3 Å². The lowest BCUT2D eigenvalue weighted by Gasteiger charge is -2.19. The molecule has 0 spiro atoms. The molecular weight excluding hydrogens is 244 g/mol. The number of H-pyrrole nitrogens is 1. The van der Waals surface area contributed by atoms with Gasteiger partial charge in [0.15, 0.2) is 5.78 Å². The molecule has 5 heteroatoms. The molecule has 1 N–H and O–H groups in total. The van der Waals surface area contributed by atoms with Gasteiger partial charge in [0.1, 0.15) is 18.1 Å². The lowest BCUT2D eigenvalue weighted by molar-refractivity contribution is 0.100. The Labute approximate surface area is 109 Å². The fourth-order valence-corrected chi connectivity index (χ4v) is 1.97. The Kier molecular flexibility index (Phi) is 2.79. The number of ketones is 1. The number of hydrogen-bond donors (Lipinski definition) is 1. The molecule has 0 fully saturated rings. The molecule has 1 aliphatic rings. The van der Waals surface area contributed by atoms with Crippen LogP contribution in [0.3, 0.4) is 0 Å². The average Bonchev–Trinajstić information content (AvgIpc) is 2.94. The van der Waals surface area contributed by atoms with Gasteiger partial charge in [0.2, 0.25) is 0 Å². The first-order valence-corrected chi connectivity index (χ1v) is 5.82. The molecule has 2 aromatic rings. The van der Waals surface area contributed by atoms with Gasteiger partial charge in [-0.2, -0.15) is 0 Å². The molecule has 19 heavy (non-hydrogen) atoms. The van der Waals surface area contributed by atoms with E-state index in [-0.39, 0.29) is 12.4 Å². The van der Waals surface area contributed by atoms with E-state index < -0.39 is 0 Å². The van der Waals surface area contributed by atoms with Crippen LogP contribution in [-0.2, 0) is 0 Å². The summed E-state index contributed by atoms with van der Waals surface area (Å²) in [6.45, 7) is 0.248. The van der Waals surface area contributed by atoms with Crippen LogP contribution in [0.25, 0.3) is 6.08 Å². The van der Waals surface area contributed by atoms with Crippen LogP contribution in [-0.4, -0.2) is 29.5 Å². The summed E-state index contributed by atoms with van der Waals surface area (Å²) >= 11 is 0. The van der Waals surface area contributed by atoms with Gasteiger partial charge >= 0.3 is 0 Å². The normalized spacial score (nSPS) is 16.1. The number of carbonyl (C=O) groups excluding carboxylic acids is 1. The van der Waals surface area contributed by atoms with Crippen molar-refractivity contribution < 1.29 is 14.3 Å². The van der Waals surface area contributed by atoms with Crippen molar-refractivity contribution in [2.24, 2.45) is 0 Å². The number of rotatable bonds is 2. The molecule has 0 unspecified atom stereocenters. The Morgan fingerprint density at radius 3 is 3.11 bits per heavy atom. The van der Waals surface area contributed by atoms with Gasteiger partial charge in [0.25, 0.3) is 0 Å². The summed E-state index contributed by atoms with van der Waals surface area (Å²) in [5, 5.41) is 0. The molecule has 96 valence electrons. The minimum atomic E-state index is -0.0292. The molecule has 0 atom stereocenters. The van der Waals surface area contributed by atoms with Crippen molar-refractivity contribution in [1.29, 1.82) is 0 Å². The van der Waals surface area contributed by atoms with E-state index in [9.17, 15) is 4.79 Å². The zero-order chi connectivity index (χ0) is 13.2. The largest absolute Gasteiger partial charge is 0.497 e. The molecule has 0 saturated carbocycles. The monoisotopic (exact) mass is 256 g/mol. The third kappa shape index (κ3) is 2.10. The maximum Gasteiger partial charge on any atom is 0.196 e. The molecule has 1 aromatic heterocycles. The molecule has 0 saturated heterocycles. The molecule has 3 rings (SSSR count). The van der Waals surface area contributed by atoms with E-state index in [0.717, 1.165) is 5.69 Å². The van der Waals surface area contributed by atoms with E-state index in [1.165, 1.54) is 0 Å². The lowest BCUT2D eigenvalue weighted by atomic mass is 9.99. The summed E-state index contributed by atoms with van der Waals surface area (Å²) in [5.74, 6) is 1.21. The van der Waals surface area contributed by atoms with Crippen LogP contribution in [0.1, 0.15) is 16.1 Å². The number of nitrogens with zero attached hydrogens (tertiary/aromatic N) is 1. The molecule has 1 aliphatic heterocycles. The smallest absolute Gasteiger partial charge is 0.196 e. The van der Waals surface area contributed by atoms with Crippen molar-refractivity contribution in [3.63, 3.8) is 0 Å². The van der Waals surface area contributed by atoms with Gasteiger partial charge in [0.05, 0.1) is 30.9 Å². The fourth-order valence-electron chi connectivity index (χ4n) is 1.97. The number of carbonyl (C=O) groups is 1. The van der Waals surface area contributed by atoms with Gasteiger partial charge in [-0.3, -0.25) is 4.79 Å². The van der Waals surface area contributed by atoms with E-state index in [0.29, 0.717) is 22.6 Å². The molecule has 5 nitrogen and oxygen atoms in total. The van der Waals surface area contributed by atoms with Crippen molar-refractivity contribution in [2.45, 2.75) is 0 Å². The molecule has 2 heterocycles. The standard InChI is InChI=1S/C14H12N2O3/c1-18-11-2-3-12-13(5-11)19-7-9(14(12)17)4-10-6-15-8-16-10/h2-6,8H,7H2,1H3,(H,15,16)/b9-4+. The third-order valence-electron chi connectivity index (χ3n) is 2.96. The summed E-state index contributed by atoms with van der Waals surface area (Å²) in [7, 11) is 1.58. The van der Waals surface area contributed by atoms with Gasteiger partial charge in [-0.15, -0.1) is 0 Å². The Balaban J connectivity index is 1.96. The van der Waals surface area contributed by atoms with E-state index in [1.807, 2.05) is 0 Å². The van der Waals surface area contributed by atoms with Crippen molar-refractivity contribution in [1.82, 2.24) is 9.97 Å². The highest BCUT2D eigenvalue weighted by Crippen LogP contribution is 2.31. The Morgan fingerprint density at radius 2 is 2.37 bits per heavy atom. The number of hydrogen-bond acceptors (Lipinski definition) is 4. The molecule has 1 aromatic carbocycles. The van der Waals surface area contributed by atoms with Crippen LogP contribution < -0.4 is 9.47 Å². The minimum Gasteiger partial charge on any atom is -0.497 e. The van der Waals surface area contributed by atoms with Gasteiger partial charge in [-0.05, 0) is 18.2 Å². The number of Topliss-reactive ketones (excluding diaryl/α,β-unsaturated/α-hetero) is 1. The first-order chi connectivity index (χ1) is 9.28. The second-order valence-corrected chi connectivity index (χ2v) is 4.16. The second kappa shape index (κ2) is 4.61. The third-order valence-corrected chi connectivity index (χ3v) is 2.96. The van der Waals surface area contributed by atoms with Gasteiger partial charge in [0, 0.05) is 11.6 Å². The van der Waals surface area contributed by atoms with Crippen molar-refractivity contribution >= 4 is 11.9 Å². The SMILES string of the molecule is COc1ccc2c(c1)OC/C(=C\c1cnc[nH]1)C2=O. The summed E-state index contributed by atoms with van der Waals surface area (Å²) in [4.78, 5) is 19.2. The number of methoxy groups -OCH3 is 1. The average molecular weight is 256 g/mol. The van der Waals surface area contributed by atoms with Crippen LogP contribution in [0.5, 0.6) is 11.5 Å². The lowest BCUT2D eigenvalue weighted by Crippen LogP contribution is -2.19. The zero-order valence-electron chi connectivity index (χ0n) is 10.3. The Hall–Kier alpha value is -2.56. The summed E-state index contributed by atoms with van der Waals surface area (Å²) in [5.41, 5.74) is 1.93. The van der Waals surface area contributed by atoms with Gasteiger partial charge in [-0.1, -0.05) is 0 Å². The minimum absolute atomic E-state index is 0.0292. The number of aromatic amines is 1. The van der Waals surface area contributed by atoms with Crippen LogP contribution >= 0.6 is 0 Å². The van der Waals surface area contributed by atoms with Crippen molar-refractivity contribution in [3.8, 4) is 11.5 Å².